The molecule has 4 nitrogen and oxygen atoms in total. The Balaban J connectivity index is 1.90. The number of hydrogen-bond acceptors (Lipinski definition) is 2. The van der Waals surface area contributed by atoms with Crippen LogP contribution < -0.4 is 11.1 Å². The first-order valence-corrected chi connectivity index (χ1v) is 7.59. The Morgan fingerprint density at radius 1 is 1.50 bits per heavy atom. The molecule has 20 heavy (non-hydrogen) atoms. The summed E-state index contributed by atoms with van der Waals surface area (Å²) in [6.07, 6.45) is 3.73. The van der Waals surface area contributed by atoms with Crippen molar-refractivity contribution in [1.82, 2.24) is 9.88 Å². The highest BCUT2D eigenvalue weighted by Gasteiger charge is 2.34. The number of nitrogens with one attached hydrogen (secondary N) is 1. The summed E-state index contributed by atoms with van der Waals surface area (Å²) in [4.78, 5) is 11.4. The van der Waals surface area contributed by atoms with Gasteiger partial charge in [-0.25, -0.2) is 0 Å². The van der Waals surface area contributed by atoms with Gasteiger partial charge in [0, 0.05) is 36.4 Å². The van der Waals surface area contributed by atoms with E-state index < -0.39 is 0 Å². The number of carbonyl (C=O) groups excluding carboxylic acids is 1. The Kier molecular flexibility index (Phi) is 3.16. The molecule has 0 radical (unpaired) electrons. The number of nitrogens with zero attached hydrogens (tertiary/aromatic N) is 1. The second-order valence-corrected chi connectivity index (χ2v) is 7.25. The molecule has 1 aliphatic carbocycles. The van der Waals surface area contributed by atoms with Crippen LogP contribution in [0.2, 0.25) is 0 Å². The van der Waals surface area contributed by atoms with Crippen molar-refractivity contribution in [1.29, 1.82) is 0 Å². The first-order chi connectivity index (χ1) is 9.35. The number of aryl methyl sites for hydroxylation is 1. The van der Waals surface area contributed by atoms with Gasteiger partial charge in [-0.1, -0.05) is 13.8 Å². The molecule has 1 aliphatic heterocycles. The minimum atomic E-state index is 0.145. The van der Waals surface area contributed by atoms with Crippen LogP contribution in [0.5, 0.6) is 0 Å². The zero-order valence-corrected chi connectivity index (χ0v) is 12.7. The van der Waals surface area contributed by atoms with Crippen molar-refractivity contribution in [3.63, 3.8) is 0 Å². The molecule has 1 aromatic heterocycles. The maximum Gasteiger partial charge on any atom is 0.220 e. The van der Waals surface area contributed by atoms with Crippen molar-refractivity contribution in [3.05, 3.63) is 23.0 Å². The largest absolute Gasteiger partial charge is 0.352 e. The van der Waals surface area contributed by atoms with E-state index in [0.717, 1.165) is 25.8 Å². The van der Waals surface area contributed by atoms with Crippen LogP contribution in [-0.4, -0.2) is 16.5 Å². The van der Waals surface area contributed by atoms with Gasteiger partial charge >= 0.3 is 0 Å². The third kappa shape index (κ3) is 2.37. The summed E-state index contributed by atoms with van der Waals surface area (Å²) in [5.41, 5.74) is 10.6. The van der Waals surface area contributed by atoms with Crippen LogP contribution in [0.4, 0.5) is 0 Å². The fourth-order valence-electron chi connectivity index (χ4n) is 3.79. The van der Waals surface area contributed by atoms with Gasteiger partial charge in [-0.15, -0.1) is 0 Å². The van der Waals surface area contributed by atoms with Crippen molar-refractivity contribution in [2.24, 2.45) is 11.1 Å². The van der Waals surface area contributed by atoms with E-state index >= 15 is 0 Å². The molecule has 110 valence electrons. The van der Waals surface area contributed by atoms with E-state index in [1.165, 1.54) is 17.0 Å². The summed E-state index contributed by atoms with van der Waals surface area (Å²) in [6.45, 7) is 7.62. The number of rotatable bonds is 2. The van der Waals surface area contributed by atoms with Crippen LogP contribution in [0.1, 0.15) is 56.1 Å². The molecule has 2 atom stereocenters. The van der Waals surface area contributed by atoms with Gasteiger partial charge in [0.1, 0.15) is 0 Å². The highest BCUT2D eigenvalue weighted by molar-refractivity contribution is 5.78. The Bertz CT molecular complexity index is 544. The zero-order valence-electron chi connectivity index (χ0n) is 12.7. The topological polar surface area (TPSA) is 60.0 Å². The van der Waals surface area contributed by atoms with Crippen LogP contribution >= 0.6 is 0 Å². The van der Waals surface area contributed by atoms with Gasteiger partial charge < -0.3 is 15.6 Å². The first kappa shape index (κ1) is 13.7. The zero-order chi connectivity index (χ0) is 14.5. The maximum absolute atomic E-state index is 11.4. The van der Waals surface area contributed by atoms with E-state index in [4.69, 9.17) is 5.73 Å². The molecule has 1 fully saturated rings. The van der Waals surface area contributed by atoms with Crippen LogP contribution in [0.15, 0.2) is 6.07 Å². The van der Waals surface area contributed by atoms with Gasteiger partial charge in [0.15, 0.2) is 0 Å². The molecule has 1 saturated heterocycles. The minimum Gasteiger partial charge on any atom is -0.352 e. The summed E-state index contributed by atoms with van der Waals surface area (Å²) in [6, 6.07) is 2.66. The average Bonchev–Trinajstić information content (AvgIpc) is 2.86. The summed E-state index contributed by atoms with van der Waals surface area (Å²) in [7, 11) is 0. The predicted octanol–water partition coefficient (Wildman–Crippen LogP) is 2.05. The molecule has 1 aromatic rings. The molecule has 2 heterocycles. The highest BCUT2D eigenvalue weighted by atomic mass is 16.1. The molecule has 0 spiro atoms. The Hall–Kier alpha value is -1.29. The van der Waals surface area contributed by atoms with Gasteiger partial charge in [0.05, 0.1) is 0 Å². The smallest absolute Gasteiger partial charge is 0.220 e. The maximum atomic E-state index is 11.4. The molecule has 0 saturated carbocycles. The molecule has 1 amide bonds. The summed E-state index contributed by atoms with van der Waals surface area (Å²) >= 11 is 0. The van der Waals surface area contributed by atoms with Crippen LogP contribution in [0.3, 0.4) is 0 Å². The van der Waals surface area contributed by atoms with E-state index in [2.05, 4.69) is 36.7 Å². The van der Waals surface area contributed by atoms with Crippen molar-refractivity contribution in [3.8, 4) is 0 Å². The number of hydrogen-bond donors (Lipinski definition) is 2. The van der Waals surface area contributed by atoms with Crippen LogP contribution in [0, 0.1) is 12.3 Å². The van der Waals surface area contributed by atoms with Gasteiger partial charge in [-0.3, -0.25) is 4.79 Å². The SMILES string of the molecule is Cc1cc2c(n1CC1CCC(=O)N1)CC(C)(C)CC2N. The molecule has 3 N–H and O–H groups in total. The summed E-state index contributed by atoms with van der Waals surface area (Å²) in [5, 5.41) is 3.07. The lowest BCUT2D eigenvalue weighted by Crippen LogP contribution is -2.33. The number of fused-ring (bicyclic) bond motifs is 1. The minimum absolute atomic E-state index is 0.145. The Morgan fingerprint density at radius 3 is 2.90 bits per heavy atom. The van der Waals surface area contributed by atoms with E-state index in [-0.39, 0.29) is 23.4 Å². The number of aromatic nitrogens is 1. The molecule has 4 heteroatoms. The van der Waals surface area contributed by atoms with Gasteiger partial charge in [-0.2, -0.15) is 0 Å². The predicted molar refractivity (Wildman–Crippen MR) is 79.4 cm³/mol. The average molecular weight is 275 g/mol. The van der Waals surface area contributed by atoms with Crippen molar-refractivity contribution in [2.75, 3.05) is 0 Å². The van der Waals surface area contributed by atoms with Crippen molar-refractivity contribution in [2.45, 2.75) is 65.1 Å². The number of nitrogens with two attached hydrogens (primary N) is 1. The van der Waals surface area contributed by atoms with Gasteiger partial charge in [0.2, 0.25) is 5.91 Å². The molecule has 0 aromatic carbocycles. The third-order valence-electron chi connectivity index (χ3n) is 4.76. The first-order valence-electron chi connectivity index (χ1n) is 7.59. The second-order valence-electron chi connectivity index (χ2n) is 7.25. The van der Waals surface area contributed by atoms with E-state index in [9.17, 15) is 4.79 Å². The quantitative estimate of drug-likeness (QED) is 0.868. The summed E-state index contributed by atoms with van der Waals surface area (Å²) < 4.78 is 2.38. The van der Waals surface area contributed by atoms with Crippen LogP contribution in [-0.2, 0) is 17.8 Å². The molecule has 2 aliphatic rings. The fraction of sp³-hybridized carbons (Fsp3) is 0.688. The van der Waals surface area contributed by atoms with Gasteiger partial charge in [0.25, 0.3) is 0 Å². The van der Waals surface area contributed by atoms with E-state index in [1.807, 2.05) is 0 Å². The highest BCUT2D eigenvalue weighted by Crippen LogP contribution is 2.41. The van der Waals surface area contributed by atoms with E-state index in [0.29, 0.717) is 6.42 Å². The van der Waals surface area contributed by atoms with Crippen molar-refractivity contribution >= 4 is 5.91 Å². The molecular formula is C16H25N3O. The van der Waals surface area contributed by atoms with Gasteiger partial charge in [-0.05, 0) is 43.2 Å². The lowest BCUT2D eigenvalue weighted by molar-refractivity contribution is -0.119. The second kappa shape index (κ2) is 4.62. The molecule has 3 rings (SSSR count). The Labute approximate surface area is 120 Å². The lowest BCUT2D eigenvalue weighted by atomic mass is 9.74. The fourth-order valence-corrected chi connectivity index (χ4v) is 3.79. The molecular weight excluding hydrogens is 250 g/mol. The van der Waals surface area contributed by atoms with Crippen LogP contribution in [0.25, 0.3) is 0 Å². The third-order valence-corrected chi connectivity index (χ3v) is 4.76. The Morgan fingerprint density at radius 2 is 2.25 bits per heavy atom. The normalized spacial score (nSPS) is 28.3. The molecule has 2 unspecified atom stereocenters. The van der Waals surface area contributed by atoms with Crippen molar-refractivity contribution < 1.29 is 4.79 Å². The summed E-state index contributed by atoms with van der Waals surface area (Å²) in [5.74, 6) is 0.186. The monoisotopic (exact) mass is 275 g/mol. The number of amides is 1. The number of carbonyl (C=O) groups is 1. The van der Waals surface area contributed by atoms with E-state index in [1.54, 1.807) is 0 Å². The standard InChI is InChI=1S/C16H25N3O/c1-10-6-12-13(17)7-16(2,3)8-14(12)19(10)9-11-4-5-15(20)18-11/h6,11,13H,4-5,7-9,17H2,1-3H3,(H,18,20). The molecule has 0 bridgehead atoms. The lowest BCUT2D eigenvalue weighted by Gasteiger charge is -2.35.